The number of aliphatic carboxylic acids is 1. The Morgan fingerprint density at radius 3 is 2.21 bits per heavy atom. The maximum Gasteiger partial charge on any atom is 0.411 e. The van der Waals surface area contributed by atoms with Crippen LogP contribution in [-0.2, 0) is 9.53 Å². The van der Waals surface area contributed by atoms with Gasteiger partial charge in [-0.2, -0.15) is 0 Å². The highest BCUT2D eigenvalue weighted by Gasteiger charge is 2.29. The van der Waals surface area contributed by atoms with Gasteiger partial charge >= 0.3 is 12.1 Å². The average molecular weight is 459 g/mol. The lowest BCUT2D eigenvalue weighted by molar-refractivity contribution is -0.137. The molecule has 1 aliphatic carbocycles. The van der Waals surface area contributed by atoms with Crippen molar-refractivity contribution in [2.45, 2.75) is 19.3 Å². The van der Waals surface area contributed by atoms with Crippen LogP contribution in [0.2, 0.25) is 0 Å². The van der Waals surface area contributed by atoms with Gasteiger partial charge in [0, 0.05) is 30.3 Å². The predicted molar refractivity (Wildman–Crippen MR) is 129 cm³/mol. The summed E-state index contributed by atoms with van der Waals surface area (Å²) in [6.07, 6.45) is -0.734. The third kappa shape index (κ3) is 4.93. The van der Waals surface area contributed by atoms with Crippen LogP contribution in [0.5, 0.6) is 0 Å². The van der Waals surface area contributed by atoms with Crippen LogP contribution in [0.4, 0.5) is 10.5 Å². The molecule has 0 heterocycles. The monoisotopic (exact) mass is 458 g/mol. The Morgan fingerprint density at radius 1 is 0.941 bits per heavy atom. The number of benzene rings is 3. The smallest absolute Gasteiger partial charge is 0.411 e. The fourth-order valence-electron chi connectivity index (χ4n) is 4.30. The molecule has 0 spiro atoms. The number of carbonyl (C=O) groups excluding carboxylic acids is 2. The van der Waals surface area contributed by atoms with Crippen LogP contribution in [0.25, 0.3) is 11.1 Å². The molecule has 7 heteroatoms. The van der Waals surface area contributed by atoms with Gasteiger partial charge < -0.3 is 14.7 Å². The van der Waals surface area contributed by atoms with E-state index >= 15 is 0 Å². The van der Waals surface area contributed by atoms with E-state index in [1.807, 2.05) is 24.3 Å². The van der Waals surface area contributed by atoms with Gasteiger partial charge in [-0.05, 0) is 47.4 Å². The van der Waals surface area contributed by atoms with Gasteiger partial charge in [0.15, 0.2) is 0 Å². The Hall–Kier alpha value is -4.13. The highest BCUT2D eigenvalue weighted by molar-refractivity contribution is 5.96. The van der Waals surface area contributed by atoms with Gasteiger partial charge in [-0.1, -0.05) is 54.6 Å². The minimum atomic E-state index is -0.961. The van der Waals surface area contributed by atoms with Crippen molar-refractivity contribution in [2.75, 3.05) is 25.0 Å². The van der Waals surface area contributed by atoms with Crippen molar-refractivity contribution in [3.05, 3.63) is 89.5 Å². The number of rotatable bonds is 8. The fraction of sp³-hybridized carbons (Fsp3) is 0.222. The van der Waals surface area contributed by atoms with Crippen molar-refractivity contribution in [3.8, 4) is 11.1 Å². The van der Waals surface area contributed by atoms with Crippen molar-refractivity contribution in [3.63, 3.8) is 0 Å². The number of nitrogens with one attached hydrogen (secondary N) is 1. The first-order valence-corrected chi connectivity index (χ1v) is 11.2. The zero-order chi connectivity index (χ0) is 24.1. The van der Waals surface area contributed by atoms with Gasteiger partial charge in [-0.25, -0.2) is 4.79 Å². The van der Waals surface area contributed by atoms with Crippen LogP contribution in [0.1, 0.15) is 40.7 Å². The molecule has 0 aromatic heterocycles. The third-order valence-electron chi connectivity index (χ3n) is 5.96. The molecule has 0 bridgehead atoms. The molecule has 0 unspecified atom stereocenters. The Bertz CT molecular complexity index is 1180. The highest BCUT2D eigenvalue weighted by atomic mass is 16.5. The summed E-state index contributed by atoms with van der Waals surface area (Å²) in [5.74, 6) is -1.30. The summed E-state index contributed by atoms with van der Waals surface area (Å²) in [6.45, 7) is 2.49. The van der Waals surface area contributed by atoms with Crippen molar-refractivity contribution < 1.29 is 24.2 Å². The number of amides is 2. The molecule has 1 aliphatic rings. The standard InChI is InChI=1S/C27H26N2O5/c1-2-29(15-14-25(30)31)26(32)18-8-7-9-19(16-18)28-27(33)34-17-24-22-12-5-3-10-20(22)21-11-4-6-13-23(21)24/h3-13,16,24H,2,14-15,17H2,1H3,(H,28,33)(H,30,31). The number of hydrogen-bond acceptors (Lipinski definition) is 4. The van der Waals surface area contributed by atoms with E-state index < -0.39 is 12.1 Å². The van der Waals surface area contributed by atoms with Crippen LogP contribution >= 0.6 is 0 Å². The fourth-order valence-corrected chi connectivity index (χ4v) is 4.30. The Balaban J connectivity index is 1.41. The molecule has 0 aliphatic heterocycles. The number of carbonyl (C=O) groups is 3. The Morgan fingerprint density at radius 2 is 1.59 bits per heavy atom. The second-order valence-electron chi connectivity index (χ2n) is 8.06. The molecule has 4 rings (SSSR count). The van der Waals surface area contributed by atoms with E-state index in [0.29, 0.717) is 17.8 Å². The normalized spacial score (nSPS) is 11.9. The third-order valence-corrected chi connectivity index (χ3v) is 5.96. The molecular weight excluding hydrogens is 432 g/mol. The maximum absolute atomic E-state index is 12.7. The molecule has 0 radical (unpaired) electrons. The Kier molecular flexibility index (Phi) is 6.92. The van der Waals surface area contributed by atoms with Gasteiger partial charge in [0.2, 0.25) is 0 Å². The van der Waals surface area contributed by atoms with E-state index in [9.17, 15) is 14.4 Å². The average Bonchev–Trinajstić information content (AvgIpc) is 3.17. The van der Waals surface area contributed by atoms with E-state index in [-0.39, 0.29) is 31.4 Å². The number of hydrogen-bond donors (Lipinski definition) is 2. The van der Waals surface area contributed by atoms with Crippen LogP contribution < -0.4 is 5.32 Å². The maximum atomic E-state index is 12.7. The molecule has 3 aromatic carbocycles. The molecule has 2 amide bonds. The van der Waals surface area contributed by atoms with Crippen LogP contribution in [-0.4, -0.2) is 47.7 Å². The lowest BCUT2D eigenvalue weighted by Gasteiger charge is -2.20. The van der Waals surface area contributed by atoms with Gasteiger partial charge in [-0.15, -0.1) is 0 Å². The predicted octanol–water partition coefficient (Wildman–Crippen LogP) is 4.98. The summed E-state index contributed by atoms with van der Waals surface area (Å²) in [4.78, 5) is 37.6. The van der Waals surface area contributed by atoms with Gasteiger partial charge in [0.25, 0.3) is 5.91 Å². The van der Waals surface area contributed by atoms with Crippen LogP contribution in [0, 0.1) is 0 Å². The summed E-state index contributed by atoms with van der Waals surface area (Å²) < 4.78 is 5.57. The van der Waals surface area contributed by atoms with Gasteiger partial charge in [0.05, 0.1) is 6.42 Å². The SMILES string of the molecule is CCN(CCC(=O)O)C(=O)c1cccc(NC(=O)OCC2c3ccccc3-c3ccccc32)c1. The summed E-state index contributed by atoms with van der Waals surface area (Å²) in [6, 6.07) is 22.8. The van der Waals surface area contributed by atoms with E-state index in [2.05, 4.69) is 29.6 Å². The van der Waals surface area contributed by atoms with Gasteiger partial charge in [0.1, 0.15) is 6.61 Å². The molecule has 0 fully saturated rings. The Labute approximate surface area is 198 Å². The topological polar surface area (TPSA) is 95.9 Å². The van der Waals surface area contributed by atoms with E-state index in [0.717, 1.165) is 22.3 Å². The second kappa shape index (κ2) is 10.2. The minimum absolute atomic E-state index is 0.0431. The van der Waals surface area contributed by atoms with Crippen LogP contribution in [0.3, 0.4) is 0 Å². The minimum Gasteiger partial charge on any atom is -0.481 e. The number of fused-ring (bicyclic) bond motifs is 3. The molecule has 0 saturated heterocycles. The molecule has 7 nitrogen and oxygen atoms in total. The van der Waals surface area contributed by atoms with Crippen LogP contribution in [0.15, 0.2) is 72.8 Å². The first-order chi connectivity index (χ1) is 16.5. The molecule has 2 N–H and O–H groups in total. The molecule has 3 aromatic rings. The van der Waals surface area contributed by atoms with Crippen molar-refractivity contribution in [1.82, 2.24) is 4.90 Å². The number of carboxylic acids is 1. The zero-order valence-corrected chi connectivity index (χ0v) is 18.9. The highest BCUT2D eigenvalue weighted by Crippen LogP contribution is 2.44. The second-order valence-corrected chi connectivity index (χ2v) is 8.06. The van der Waals surface area contributed by atoms with E-state index in [1.165, 1.54) is 4.90 Å². The lowest BCUT2D eigenvalue weighted by Crippen LogP contribution is -2.32. The molecule has 174 valence electrons. The summed E-state index contributed by atoms with van der Waals surface area (Å²) in [5, 5.41) is 11.6. The van der Waals surface area contributed by atoms with E-state index in [1.54, 1.807) is 31.2 Å². The molecule has 0 atom stereocenters. The molecule has 0 saturated carbocycles. The zero-order valence-electron chi connectivity index (χ0n) is 18.9. The number of ether oxygens (including phenoxy) is 1. The largest absolute Gasteiger partial charge is 0.481 e. The summed E-state index contributed by atoms with van der Waals surface area (Å²) >= 11 is 0. The molecular formula is C27H26N2O5. The van der Waals surface area contributed by atoms with Crippen molar-refractivity contribution in [1.29, 1.82) is 0 Å². The van der Waals surface area contributed by atoms with Gasteiger partial charge in [-0.3, -0.25) is 14.9 Å². The number of anilines is 1. The quantitative estimate of drug-likeness (QED) is 0.496. The summed E-state index contributed by atoms with van der Waals surface area (Å²) in [5.41, 5.74) is 5.36. The van der Waals surface area contributed by atoms with Crippen molar-refractivity contribution in [2.24, 2.45) is 0 Å². The van der Waals surface area contributed by atoms with E-state index in [4.69, 9.17) is 9.84 Å². The number of carboxylic acid groups (broad SMARTS) is 1. The first kappa shape index (κ1) is 23.0. The lowest BCUT2D eigenvalue weighted by atomic mass is 9.98. The molecule has 34 heavy (non-hydrogen) atoms. The summed E-state index contributed by atoms with van der Waals surface area (Å²) in [7, 11) is 0. The van der Waals surface area contributed by atoms with Crippen molar-refractivity contribution >= 4 is 23.7 Å². The first-order valence-electron chi connectivity index (χ1n) is 11.2. The number of nitrogens with zero attached hydrogens (tertiary/aromatic N) is 1.